The van der Waals surface area contributed by atoms with Crippen molar-refractivity contribution in [2.24, 2.45) is 0 Å². The van der Waals surface area contributed by atoms with Crippen molar-refractivity contribution in [2.45, 2.75) is 33.8 Å². The molecule has 0 radical (unpaired) electrons. The number of aromatic nitrogens is 1. The Morgan fingerprint density at radius 1 is 1.24 bits per heavy atom. The number of Topliss-reactive ketones (excluding diaryl/α,β-unsaturated/α-hetero) is 1. The molecule has 2 aromatic rings. The van der Waals surface area contributed by atoms with Gasteiger partial charge >= 0.3 is 5.97 Å². The van der Waals surface area contributed by atoms with Gasteiger partial charge in [-0.3, -0.25) is 9.59 Å². The van der Waals surface area contributed by atoms with E-state index in [1.807, 2.05) is 0 Å². The molecule has 0 fully saturated rings. The minimum absolute atomic E-state index is 0.0328. The van der Waals surface area contributed by atoms with E-state index < -0.39 is 24.6 Å². The van der Waals surface area contributed by atoms with Crippen LogP contribution in [0, 0.1) is 13.8 Å². The molecule has 0 aliphatic carbocycles. The fraction of sp³-hybridized carbons (Fsp3) is 0.350. The molecule has 1 aromatic heterocycles. The normalized spacial score (nSPS) is 13.1. The van der Waals surface area contributed by atoms with Gasteiger partial charge in [-0.2, -0.15) is 0 Å². The quantitative estimate of drug-likeness (QED) is 0.500. The van der Waals surface area contributed by atoms with Crippen LogP contribution in [0.25, 0.3) is 0 Å². The molecule has 1 atom stereocenters. The number of benzene rings is 1. The number of aromatic amines is 1. The Bertz CT molecular complexity index is 991. The van der Waals surface area contributed by atoms with Crippen LogP contribution in [0.4, 0.5) is 5.69 Å². The highest BCUT2D eigenvalue weighted by atomic mass is 16.7. The summed E-state index contributed by atoms with van der Waals surface area (Å²) >= 11 is 0. The van der Waals surface area contributed by atoms with Crippen molar-refractivity contribution >= 4 is 23.3 Å². The number of aryl methyl sites for hydroxylation is 1. The van der Waals surface area contributed by atoms with Crippen LogP contribution < -0.4 is 14.8 Å². The van der Waals surface area contributed by atoms with Gasteiger partial charge in [-0.1, -0.05) is 0 Å². The number of amides is 1. The first-order valence-corrected chi connectivity index (χ1v) is 8.97. The van der Waals surface area contributed by atoms with Crippen LogP contribution >= 0.6 is 0 Å². The average Bonchev–Trinajstić information content (AvgIpc) is 3.22. The summed E-state index contributed by atoms with van der Waals surface area (Å²) in [7, 11) is 0. The Morgan fingerprint density at radius 2 is 1.90 bits per heavy atom. The van der Waals surface area contributed by atoms with Gasteiger partial charge in [0.15, 0.2) is 23.9 Å². The molecule has 0 saturated carbocycles. The third kappa shape index (κ3) is 4.09. The van der Waals surface area contributed by atoms with E-state index in [0.29, 0.717) is 28.3 Å². The van der Waals surface area contributed by atoms with Crippen LogP contribution in [-0.4, -0.2) is 41.2 Å². The standard InChI is InChI=1S/C20H22N2O7/c1-9-18(12(4)24)10(2)21-19(9)20(26)27-7-17(25)22-14-6-16-15(28-8-29-16)5-13(14)11(3)23/h5-6,12,21,24H,7-8H2,1-4H3,(H,22,25)/t12-/m1/s1. The average molecular weight is 402 g/mol. The number of anilines is 1. The van der Waals surface area contributed by atoms with Gasteiger partial charge < -0.3 is 29.6 Å². The van der Waals surface area contributed by atoms with Crippen LogP contribution in [0.5, 0.6) is 11.5 Å². The molecule has 0 unspecified atom stereocenters. The Labute approximate surface area is 167 Å². The molecule has 0 spiro atoms. The predicted molar refractivity (Wildman–Crippen MR) is 102 cm³/mol. The molecular weight excluding hydrogens is 380 g/mol. The van der Waals surface area contributed by atoms with E-state index in [4.69, 9.17) is 14.2 Å². The minimum atomic E-state index is -0.743. The van der Waals surface area contributed by atoms with Crippen LogP contribution in [0.1, 0.15) is 57.6 Å². The third-order valence-electron chi connectivity index (χ3n) is 4.62. The Hall–Kier alpha value is -3.33. The lowest BCUT2D eigenvalue weighted by Crippen LogP contribution is -2.22. The van der Waals surface area contributed by atoms with Gasteiger partial charge in [-0.05, 0) is 39.3 Å². The number of rotatable bonds is 6. The fourth-order valence-electron chi connectivity index (χ4n) is 3.32. The molecule has 3 rings (SSSR count). The van der Waals surface area contributed by atoms with Gasteiger partial charge in [0.1, 0.15) is 5.69 Å². The molecule has 9 heteroatoms. The van der Waals surface area contributed by atoms with Crippen molar-refractivity contribution in [3.63, 3.8) is 0 Å². The summed E-state index contributed by atoms with van der Waals surface area (Å²) in [4.78, 5) is 39.3. The summed E-state index contributed by atoms with van der Waals surface area (Å²) in [6.45, 7) is 5.87. The second-order valence-electron chi connectivity index (χ2n) is 6.77. The van der Waals surface area contributed by atoms with Gasteiger partial charge in [-0.25, -0.2) is 4.79 Å². The first-order valence-electron chi connectivity index (χ1n) is 8.97. The summed E-state index contributed by atoms with van der Waals surface area (Å²) in [6.07, 6.45) is -0.743. The van der Waals surface area contributed by atoms with Gasteiger partial charge in [0.2, 0.25) is 6.79 Å². The topological polar surface area (TPSA) is 127 Å². The van der Waals surface area contributed by atoms with Crippen molar-refractivity contribution in [2.75, 3.05) is 18.7 Å². The van der Waals surface area contributed by atoms with Gasteiger partial charge in [0.05, 0.1) is 11.8 Å². The zero-order valence-corrected chi connectivity index (χ0v) is 16.5. The van der Waals surface area contributed by atoms with Crippen LogP contribution in [0.3, 0.4) is 0 Å². The Kier molecular flexibility index (Phi) is 5.60. The summed E-state index contributed by atoms with van der Waals surface area (Å²) in [5, 5.41) is 12.4. The number of ketones is 1. The van der Waals surface area contributed by atoms with Crippen LogP contribution in [-0.2, 0) is 9.53 Å². The van der Waals surface area contributed by atoms with Crippen molar-refractivity contribution < 1.29 is 33.7 Å². The highest BCUT2D eigenvalue weighted by molar-refractivity contribution is 6.05. The lowest BCUT2D eigenvalue weighted by Gasteiger charge is -2.11. The molecule has 9 nitrogen and oxygen atoms in total. The van der Waals surface area contributed by atoms with Crippen molar-refractivity contribution in [1.82, 2.24) is 4.98 Å². The lowest BCUT2D eigenvalue weighted by atomic mass is 10.1. The van der Waals surface area contributed by atoms with Gasteiger partial charge in [0.25, 0.3) is 5.91 Å². The highest BCUT2D eigenvalue weighted by Crippen LogP contribution is 2.37. The molecule has 0 saturated heterocycles. The first kappa shape index (κ1) is 20.4. The summed E-state index contributed by atoms with van der Waals surface area (Å²) in [5.74, 6) is -0.767. The van der Waals surface area contributed by atoms with E-state index in [0.717, 1.165) is 0 Å². The SMILES string of the molecule is CC(=O)c1cc2c(cc1NC(=O)COC(=O)c1[nH]c(C)c([C@@H](C)O)c1C)OCO2. The molecular formula is C20H22N2O7. The summed E-state index contributed by atoms with van der Waals surface area (Å²) in [5.41, 5.74) is 2.52. The number of H-pyrrole nitrogens is 1. The summed E-state index contributed by atoms with van der Waals surface area (Å²) < 4.78 is 15.6. The number of hydrogen-bond donors (Lipinski definition) is 3. The second-order valence-corrected chi connectivity index (χ2v) is 6.77. The minimum Gasteiger partial charge on any atom is -0.454 e. The van der Waals surface area contributed by atoms with E-state index in [2.05, 4.69) is 10.3 Å². The smallest absolute Gasteiger partial charge is 0.355 e. The van der Waals surface area contributed by atoms with E-state index in [1.165, 1.54) is 19.1 Å². The van der Waals surface area contributed by atoms with E-state index in [1.54, 1.807) is 20.8 Å². The maximum atomic E-state index is 12.3. The molecule has 3 N–H and O–H groups in total. The number of ether oxygens (including phenoxy) is 3. The van der Waals surface area contributed by atoms with Gasteiger partial charge in [0, 0.05) is 22.9 Å². The number of carbonyl (C=O) groups is 3. The zero-order valence-electron chi connectivity index (χ0n) is 16.5. The zero-order chi connectivity index (χ0) is 21.3. The Morgan fingerprint density at radius 3 is 2.48 bits per heavy atom. The largest absolute Gasteiger partial charge is 0.454 e. The van der Waals surface area contributed by atoms with Crippen molar-refractivity contribution in [1.29, 1.82) is 0 Å². The monoisotopic (exact) mass is 402 g/mol. The van der Waals surface area contributed by atoms with Crippen LogP contribution in [0.15, 0.2) is 12.1 Å². The highest BCUT2D eigenvalue weighted by Gasteiger charge is 2.23. The van der Waals surface area contributed by atoms with E-state index >= 15 is 0 Å². The van der Waals surface area contributed by atoms with Crippen LogP contribution in [0.2, 0.25) is 0 Å². The molecule has 29 heavy (non-hydrogen) atoms. The summed E-state index contributed by atoms with van der Waals surface area (Å²) in [6, 6.07) is 2.99. The molecule has 1 aromatic carbocycles. The van der Waals surface area contributed by atoms with E-state index in [9.17, 15) is 19.5 Å². The number of carbonyl (C=O) groups excluding carboxylic acids is 3. The number of hydrogen-bond acceptors (Lipinski definition) is 7. The second kappa shape index (κ2) is 7.96. The molecule has 0 bridgehead atoms. The molecule has 2 heterocycles. The maximum Gasteiger partial charge on any atom is 0.355 e. The van der Waals surface area contributed by atoms with Crippen molar-refractivity contribution in [3.8, 4) is 11.5 Å². The molecule has 154 valence electrons. The number of aliphatic hydroxyl groups excluding tert-OH is 1. The first-order chi connectivity index (χ1) is 13.7. The molecule has 1 amide bonds. The van der Waals surface area contributed by atoms with Crippen molar-refractivity contribution in [3.05, 3.63) is 40.2 Å². The number of aliphatic hydroxyl groups is 1. The molecule has 1 aliphatic rings. The Balaban J connectivity index is 1.69. The maximum absolute atomic E-state index is 12.3. The predicted octanol–water partition coefficient (Wildman–Crippen LogP) is 2.41. The molecule has 1 aliphatic heterocycles. The number of fused-ring (bicyclic) bond motifs is 1. The third-order valence-corrected chi connectivity index (χ3v) is 4.62. The number of esters is 1. The van der Waals surface area contributed by atoms with Gasteiger partial charge in [-0.15, -0.1) is 0 Å². The number of nitrogens with one attached hydrogen (secondary N) is 2. The fourth-order valence-corrected chi connectivity index (χ4v) is 3.32. The lowest BCUT2D eigenvalue weighted by molar-refractivity contribution is -0.119. The van der Waals surface area contributed by atoms with E-state index in [-0.39, 0.29) is 29.5 Å².